The Morgan fingerprint density at radius 3 is 2.86 bits per heavy atom. The Bertz CT molecular complexity index is 1060. The first-order chi connectivity index (χ1) is 13.4. The predicted octanol–water partition coefficient (Wildman–Crippen LogP) is 3.53. The molecule has 0 radical (unpaired) electrons. The van der Waals surface area contributed by atoms with Gasteiger partial charge >= 0.3 is 0 Å². The quantitative estimate of drug-likeness (QED) is 0.591. The van der Waals surface area contributed by atoms with E-state index in [1.165, 1.54) is 12.3 Å². The van der Waals surface area contributed by atoms with Crippen molar-refractivity contribution in [3.05, 3.63) is 58.7 Å². The van der Waals surface area contributed by atoms with E-state index in [0.717, 1.165) is 17.7 Å². The largest absolute Gasteiger partial charge is 0.481 e. The van der Waals surface area contributed by atoms with E-state index in [-0.39, 0.29) is 23.3 Å². The van der Waals surface area contributed by atoms with Gasteiger partial charge in [0.1, 0.15) is 0 Å². The molecule has 7 heteroatoms. The van der Waals surface area contributed by atoms with Crippen LogP contribution in [0.2, 0.25) is 0 Å². The highest BCUT2D eigenvalue weighted by Crippen LogP contribution is 2.51. The van der Waals surface area contributed by atoms with Gasteiger partial charge in [-0.05, 0) is 24.8 Å². The number of carbonyl (C=O) groups is 1. The van der Waals surface area contributed by atoms with Gasteiger partial charge in [0.25, 0.3) is 0 Å². The molecule has 28 heavy (non-hydrogen) atoms. The van der Waals surface area contributed by atoms with Crippen LogP contribution < -0.4 is 4.74 Å². The van der Waals surface area contributed by atoms with Crippen LogP contribution in [0.5, 0.6) is 5.88 Å². The van der Waals surface area contributed by atoms with Gasteiger partial charge in [-0.1, -0.05) is 19.9 Å². The number of nitrogens with zero attached hydrogens (tertiary/aromatic N) is 4. The lowest BCUT2D eigenvalue weighted by Gasteiger charge is -2.45. The second-order valence-corrected chi connectivity index (χ2v) is 7.47. The molecule has 142 valence electrons. The van der Waals surface area contributed by atoms with Gasteiger partial charge in [-0.3, -0.25) is 0 Å². The lowest BCUT2D eigenvalue weighted by atomic mass is 9.58. The Balaban J connectivity index is 1.97. The minimum Gasteiger partial charge on any atom is -0.481 e. The molecule has 0 fully saturated rings. The zero-order valence-electron chi connectivity index (χ0n) is 15.9. The monoisotopic (exact) mass is 378 g/mol. The van der Waals surface area contributed by atoms with Crippen molar-refractivity contribution >= 4 is 5.78 Å². The number of halogens is 1. The summed E-state index contributed by atoms with van der Waals surface area (Å²) in [6.07, 6.45) is 4.57. The van der Waals surface area contributed by atoms with Crippen molar-refractivity contribution in [3.63, 3.8) is 0 Å². The average Bonchev–Trinajstić information content (AvgIpc) is 2.70. The van der Waals surface area contributed by atoms with Crippen LogP contribution in [0.4, 0.5) is 4.39 Å². The van der Waals surface area contributed by atoms with Crippen LogP contribution in [0.1, 0.15) is 31.5 Å². The van der Waals surface area contributed by atoms with Crippen LogP contribution in [-0.4, -0.2) is 27.8 Å². The standard InChI is InChI=1S/C21H19FN4O2/c1-11-14-6-5-13-18(21(14,2)10-15(23-3)17(11)27)25-19(26-20(13)28-4)12-7-8-24-16(22)9-12/h7-11,14H,5-6H2,1-2,4H3/t11-,14-,21-/m1/s1. The maximum atomic E-state index is 13.6. The maximum absolute atomic E-state index is 13.6. The van der Waals surface area contributed by atoms with E-state index in [9.17, 15) is 9.18 Å². The third-order valence-electron chi connectivity index (χ3n) is 5.96. The highest BCUT2D eigenvalue weighted by atomic mass is 19.1. The van der Waals surface area contributed by atoms with Gasteiger partial charge in [0.15, 0.2) is 11.6 Å². The fraction of sp³-hybridized carbons (Fsp3) is 0.381. The lowest BCUT2D eigenvalue weighted by Crippen LogP contribution is -2.46. The summed E-state index contributed by atoms with van der Waals surface area (Å²) in [6, 6.07) is 2.91. The SMILES string of the molecule is [C-]#[N+]C1=C[C@@]2(C)c3nc(-c4ccnc(F)c4)nc(OC)c3CC[C@@H]2[C@@H](C)C1=O. The number of rotatable bonds is 2. The third-order valence-corrected chi connectivity index (χ3v) is 5.96. The van der Waals surface area contributed by atoms with Gasteiger partial charge in [0.05, 0.1) is 19.4 Å². The number of methoxy groups -OCH3 is 1. The van der Waals surface area contributed by atoms with Gasteiger partial charge < -0.3 is 9.53 Å². The fourth-order valence-corrected chi connectivity index (χ4v) is 4.55. The van der Waals surface area contributed by atoms with Crippen LogP contribution in [0.15, 0.2) is 30.1 Å². The number of ether oxygens (including phenoxy) is 1. The first-order valence-corrected chi connectivity index (χ1v) is 9.11. The Hall–Kier alpha value is -3.14. The molecule has 0 unspecified atom stereocenters. The summed E-state index contributed by atoms with van der Waals surface area (Å²) < 4.78 is 19.2. The average molecular weight is 378 g/mol. The molecular formula is C21H19FN4O2. The first kappa shape index (κ1) is 18.2. The summed E-state index contributed by atoms with van der Waals surface area (Å²) in [6.45, 7) is 11.3. The van der Waals surface area contributed by atoms with Gasteiger partial charge in [-0.2, -0.15) is 9.37 Å². The molecule has 2 heterocycles. The second-order valence-electron chi connectivity index (χ2n) is 7.47. The third kappa shape index (κ3) is 2.60. The number of ketones is 1. The van der Waals surface area contributed by atoms with Gasteiger partial charge in [-0.15, -0.1) is 0 Å². The smallest absolute Gasteiger partial charge is 0.226 e. The predicted molar refractivity (Wildman–Crippen MR) is 99.8 cm³/mol. The second kappa shape index (κ2) is 6.48. The highest BCUT2D eigenvalue weighted by molar-refractivity contribution is 6.00. The Morgan fingerprint density at radius 2 is 2.18 bits per heavy atom. The number of allylic oxidation sites excluding steroid dienone is 2. The molecule has 3 atom stereocenters. The molecule has 2 aliphatic rings. The Labute approximate surface area is 162 Å². The van der Waals surface area contributed by atoms with E-state index < -0.39 is 11.4 Å². The number of hydrogen-bond acceptors (Lipinski definition) is 5. The van der Waals surface area contributed by atoms with Crippen molar-refractivity contribution in [1.82, 2.24) is 15.0 Å². The van der Waals surface area contributed by atoms with Crippen LogP contribution >= 0.6 is 0 Å². The molecule has 0 aromatic carbocycles. The first-order valence-electron chi connectivity index (χ1n) is 9.11. The molecule has 0 saturated carbocycles. The Morgan fingerprint density at radius 1 is 1.39 bits per heavy atom. The fourth-order valence-electron chi connectivity index (χ4n) is 4.55. The van der Waals surface area contributed by atoms with E-state index in [1.807, 2.05) is 13.8 Å². The molecule has 0 amide bonds. The molecule has 2 aromatic rings. The van der Waals surface area contributed by atoms with Gasteiger partial charge in [0.2, 0.25) is 17.5 Å². The number of pyridine rings is 1. The minimum atomic E-state index is -0.617. The minimum absolute atomic E-state index is 0.0274. The molecule has 2 aliphatic carbocycles. The summed E-state index contributed by atoms with van der Waals surface area (Å²) >= 11 is 0. The molecule has 0 N–H and O–H groups in total. The summed E-state index contributed by atoms with van der Waals surface area (Å²) in [5.74, 6) is -0.192. The maximum Gasteiger partial charge on any atom is 0.226 e. The van der Waals surface area contributed by atoms with Crippen molar-refractivity contribution in [2.75, 3.05) is 7.11 Å². The number of hydrogen-bond donors (Lipinski definition) is 0. The molecule has 0 aliphatic heterocycles. The van der Waals surface area contributed by atoms with Crippen molar-refractivity contribution < 1.29 is 13.9 Å². The summed E-state index contributed by atoms with van der Waals surface area (Å²) in [7, 11) is 1.54. The van der Waals surface area contributed by atoms with Crippen LogP contribution in [0.3, 0.4) is 0 Å². The molecule has 0 bridgehead atoms. The normalized spacial score (nSPS) is 26.0. The van der Waals surface area contributed by atoms with Crippen molar-refractivity contribution in [2.45, 2.75) is 32.1 Å². The molecular weight excluding hydrogens is 359 g/mol. The van der Waals surface area contributed by atoms with Crippen molar-refractivity contribution in [3.8, 4) is 17.3 Å². The molecule has 6 nitrogen and oxygen atoms in total. The molecule has 0 spiro atoms. The van der Waals surface area contributed by atoms with E-state index in [2.05, 4.69) is 14.8 Å². The van der Waals surface area contributed by atoms with Crippen molar-refractivity contribution in [2.24, 2.45) is 11.8 Å². The van der Waals surface area contributed by atoms with Gasteiger partial charge in [0, 0.05) is 34.7 Å². The summed E-state index contributed by atoms with van der Waals surface area (Å²) in [4.78, 5) is 28.8. The van der Waals surface area contributed by atoms with E-state index >= 15 is 0 Å². The topological polar surface area (TPSA) is 69.3 Å². The van der Waals surface area contributed by atoms with Crippen LogP contribution in [0, 0.1) is 24.4 Å². The summed E-state index contributed by atoms with van der Waals surface area (Å²) in [5.41, 5.74) is 1.66. The number of carbonyl (C=O) groups excluding carboxylic acids is 1. The van der Waals surface area contributed by atoms with Crippen LogP contribution in [-0.2, 0) is 16.6 Å². The van der Waals surface area contributed by atoms with E-state index in [0.29, 0.717) is 23.7 Å². The van der Waals surface area contributed by atoms with E-state index in [1.54, 1.807) is 19.3 Å². The molecule has 2 aromatic heterocycles. The summed E-state index contributed by atoms with van der Waals surface area (Å²) in [5, 5.41) is 0. The number of aromatic nitrogens is 3. The van der Waals surface area contributed by atoms with Gasteiger partial charge in [-0.25, -0.2) is 14.8 Å². The highest BCUT2D eigenvalue weighted by Gasteiger charge is 2.49. The Kier molecular flexibility index (Phi) is 4.22. The van der Waals surface area contributed by atoms with E-state index in [4.69, 9.17) is 16.3 Å². The zero-order valence-corrected chi connectivity index (χ0v) is 15.9. The number of Topliss-reactive ketones (excluding diaryl/α,β-unsaturated/α-hetero) is 1. The lowest BCUT2D eigenvalue weighted by molar-refractivity contribution is -0.121. The number of fused-ring (bicyclic) bond motifs is 3. The van der Waals surface area contributed by atoms with Crippen molar-refractivity contribution in [1.29, 1.82) is 0 Å². The molecule has 0 saturated heterocycles. The molecule has 4 rings (SSSR count). The zero-order chi connectivity index (χ0) is 20.1. The van der Waals surface area contributed by atoms with Crippen LogP contribution in [0.25, 0.3) is 16.2 Å².